The summed E-state index contributed by atoms with van der Waals surface area (Å²) in [5.41, 5.74) is 5.41. The van der Waals surface area contributed by atoms with E-state index in [0.717, 1.165) is 12.8 Å². The van der Waals surface area contributed by atoms with Gasteiger partial charge in [-0.3, -0.25) is 0 Å². The van der Waals surface area contributed by atoms with Crippen LogP contribution < -0.4 is 0 Å². The predicted molar refractivity (Wildman–Crippen MR) is 133 cm³/mol. The van der Waals surface area contributed by atoms with Crippen molar-refractivity contribution >= 4 is 0 Å². The van der Waals surface area contributed by atoms with Gasteiger partial charge in [0.25, 0.3) is 0 Å². The van der Waals surface area contributed by atoms with E-state index in [9.17, 15) is 0 Å². The lowest BCUT2D eigenvalue weighted by molar-refractivity contribution is 0.475. The van der Waals surface area contributed by atoms with Gasteiger partial charge in [-0.2, -0.15) is 0 Å². The molecule has 3 aromatic rings. The van der Waals surface area contributed by atoms with Gasteiger partial charge in [-0.15, -0.1) is 0 Å². The molecule has 0 amide bonds. The average Bonchev–Trinajstić information content (AvgIpc) is 2.84. The Morgan fingerprint density at radius 3 is 1.00 bits per heavy atom. The third-order valence-electron chi connectivity index (χ3n) is 3.81. The summed E-state index contributed by atoms with van der Waals surface area (Å²) >= 11 is 0. The van der Waals surface area contributed by atoms with Crippen LogP contribution in [-0.4, -0.2) is 5.11 Å². The minimum Gasteiger partial charge on any atom is -0.508 e. The Labute approximate surface area is 180 Å². The molecule has 0 unspecified atom stereocenters. The fraction of sp³-hybridized carbons (Fsp3) is 0.357. The van der Waals surface area contributed by atoms with Gasteiger partial charge in [-0.05, 0) is 47.2 Å². The average molecular weight is 395 g/mol. The highest BCUT2D eigenvalue weighted by atomic mass is 16.3. The molecule has 1 nitrogen and oxygen atoms in total. The van der Waals surface area contributed by atoms with Gasteiger partial charge in [0, 0.05) is 0 Å². The van der Waals surface area contributed by atoms with Gasteiger partial charge >= 0.3 is 0 Å². The maximum Gasteiger partial charge on any atom is 0.115 e. The van der Waals surface area contributed by atoms with E-state index in [-0.39, 0.29) is 0 Å². The Hall–Kier alpha value is -2.54. The normalized spacial score (nSPS) is 8.41. The number of rotatable bonds is 3. The maximum atomic E-state index is 8.63. The first-order chi connectivity index (χ1) is 14.2. The highest BCUT2D eigenvalue weighted by Crippen LogP contribution is 2.20. The number of aryl methyl sites for hydroxylation is 2. The molecule has 3 rings (SSSR count). The smallest absolute Gasteiger partial charge is 0.115 e. The quantitative estimate of drug-likeness (QED) is 0.470. The number of hydrogen-bond donors (Lipinski definition) is 1. The van der Waals surface area contributed by atoms with Crippen molar-refractivity contribution in [2.24, 2.45) is 0 Å². The molecule has 0 saturated heterocycles. The summed E-state index contributed by atoms with van der Waals surface area (Å²) in [5, 5.41) is 8.63. The third kappa shape index (κ3) is 12.5. The van der Waals surface area contributed by atoms with Crippen molar-refractivity contribution in [3.8, 4) is 16.9 Å². The summed E-state index contributed by atoms with van der Waals surface area (Å²) < 4.78 is 0. The Kier molecular flexibility index (Phi) is 20.0. The van der Waals surface area contributed by atoms with Gasteiger partial charge in [0.1, 0.15) is 5.75 Å². The molecule has 0 atom stereocenters. The first-order valence-corrected chi connectivity index (χ1v) is 11.1. The van der Waals surface area contributed by atoms with Gasteiger partial charge in [-0.25, -0.2) is 0 Å². The molecule has 0 bridgehead atoms. The number of phenolic OH excluding ortho intramolecular Hbond substituents is 1. The number of phenols is 1. The van der Waals surface area contributed by atoms with Crippen LogP contribution in [0.5, 0.6) is 5.75 Å². The molecule has 160 valence electrons. The number of aromatic hydroxyl groups is 1. The van der Waals surface area contributed by atoms with Crippen LogP contribution in [0.1, 0.15) is 66.5 Å². The van der Waals surface area contributed by atoms with E-state index in [0.29, 0.717) is 5.75 Å². The molecule has 0 radical (unpaired) electrons. The van der Waals surface area contributed by atoms with Crippen molar-refractivity contribution in [1.29, 1.82) is 0 Å². The molecule has 0 fully saturated rings. The Morgan fingerprint density at radius 2 is 0.793 bits per heavy atom. The van der Waals surface area contributed by atoms with Gasteiger partial charge in [0.2, 0.25) is 0 Å². The second kappa shape index (κ2) is 20.2. The SMILES string of the molecule is CC.CC.CC.CCc1ccc(-c2ccc(CC)cc2)cc1.Oc1ccccc1. The van der Waals surface area contributed by atoms with Crippen LogP contribution in [-0.2, 0) is 12.8 Å². The second-order valence-corrected chi connectivity index (χ2v) is 5.44. The van der Waals surface area contributed by atoms with Crippen LogP contribution in [0.25, 0.3) is 11.1 Å². The predicted octanol–water partition coefficient (Wildman–Crippen LogP) is 8.95. The molecule has 1 N–H and O–H groups in total. The van der Waals surface area contributed by atoms with E-state index in [1.807, 2.05) is 47.6 Å². The molecule has 0 aromatic heterocycles. The van der Waals surface area contributed by atoms with Crippen molar-refractivity contribution in [3.63, 3.8) is 0 Å². The van der Waals surface area contributed by atoms with Crippen LogP contribution in [0, 0.1) is 0 Å². The molecule has 0 aliphatic heterocycles. The van der Waals surface area contributed by atoms with E-state index >= 15 is 0 Å². The zero-order chi connectivity index (χ0) is 22.5. The van der Waals surface area contributed by atoms with Crippen LogP contribution in [0.3, 0.4) is 0 Å². The van der Waals surface area contributed by atoms with E-state index in [1.165, 1.54) is 22.3 Å². The minimum atomic E-state index is 0.322. The second-order valence-electron chi connectivity index (χ2n) is 5.44. The molecular weight excluding hydrogens is 352 g/mol. The molecule has 3 aromatic carbocycles. The summed E-state index contributed by atoms with van der Waals surface area (Å²) in [4.78, 5) is 0. The number of para-hydroxylation sites is 1. The van der Waals surface area contributed by atoms with E-state index in [4.69, 9.17) is 5.11 Å². The topological polar surface area (TPSA) is 20.2 Å². The summed E-state index contributed by atoms with van der Waals surface area (Å²) in [7, 11) is 0. The van der Waals surface area contributed by atoms with Crippen molar-refractivity contribution in [3.05, 3.63) is 90.0 Å². The Bertz CT molecular complexity index is 637. The molecule has 29 heavy (non-hydrogen) atoms. The largest absolute Gasteiger partial charge is 0.508 e. The third-order valence-corrected chi connectivity index (χ3v) is 3.81. The molecule has 0 saturated carbocycles. The first kappa shape index (κ1) is 28.7. The minimum absolute atomic E-state index is 0.322. The Morgan fingerprint density at radius 1 is 0.483 bits per heavy atom. The first-order valence-electron chi connectivity index (χ1n) is 11.1. The van der Waals surface area contributed by atoms with Crippen LogP contribution in [0.2, 0.25) is 0 Å². The van der Waals surface area contributed by atoms with Gasteiger partial charge in [0.15, 0.2) is 0 Å². The standard InChI is InChI=1S/C16H18.C6H6O.3C2H6/c1-3-13-5-9-15(10-6-13)16-11-7-14(4-2)8-12-16;7-6-4-2-1-3-5-6;3*1-2/h5-12H,3-4H2,1-2H3;1-5,7H;3*1-2H3. The molecule has 0 aliphatic carbocycles. The van der Waals surface area contributed by atoms with Crippen LogP contribution in [0.4, 0.5) is 0 Å². The monoisotopic (exact) mass is 394 g/mol. The zero-order valence-corrected chi connectivity index (χ0v) is 19.9. The Balaban J connectivity index is 0. The van der Waals surface area contributed by atoms with Crippen LogP contribution in [0.15, 0.2) is 78.9 Å². The molecule has 0 spiro atoms. The van der Waals surface area contributed by atoms with Crippen molar-refractivity contribution < 1.29 is 5.11 Å². The number of hydrogen-bond acceptors (Lipinski definition) is 1. The summed E-state index contributed by atoms with van der Waals surface area (Å²) in [6.45, 7) is 16.4. The van der Waals surface area contributed by atoms with Crippen molar-refractivity contribution in [2.75, 3.05) is 0 Å². The maximum absolute atomic E-state index is 8.63. The van der Waals surface area contributed by atoms with E-state index in [2.05, 4.69) is 62.4 Å². The van der Waals surface area contributed by atoms with Crippen molar-refractivity contribution in [2.45, 2.75) is 68.2 Å². The van der Waals surface area contributed by atoms with Gasteiger partial charge in [-0.1, -0.05) is 122 Å². The summed E-state index contributed by atoms with van der Waals surface area (Å²) in [6, 6.07) is 26.4. The highest BCUT2D eigenvalue weighted by molar-refractivity contribution is 5.63. The molecule has 0 heterocycles. The number of benzene rings is 3. The lowest BCUT2D eigenvalue weighted by Gasteiger charge is -2.04. The summed E-state index contributed by atoms with van der Waals surface area (Å²) in [5.74, 6) is 0.322. The van der Waals surface area contributed by atoms with Crippen molar-refractivity contribution in [1.82, 2.24) is 0 Å². The molecular formula is C28H42O. The lowest BCUT2D eigenvalue weighted by atomic mass is 10.0. The fourth-order valence-corrected chi connectivity index (χ4v) is 2.29. The molecule has 1 heteroatoms. The van der Waals surface area contributed by atoms with E-state index < -0.39 is 0 Å². The van der Waals surface area contributed by atoms with E-state index in [1.54, 1.807) is 24.3 Å². The lowest BCUT2D eigenvalue weighted by Crippen LogP contribution is -1.83. The van der Waals surface area contributed by atoms with Gasteiger partial charge in [0.05, 0.1) is 0 Å². The highest BCUT2D eigenvalue weighted by Gasteiger charge is 1.97. The van der Waals surface area contributed by atoms with Crippen LogP contribution >= 0.6 is 0 Å². The summed E-state index contributed by atoms with van der Waals surface area (Å²) in [6.07, 6.45) is 2.21. The zero-order valence-electron chi connectivity index (χ0n) is 19.9. The molecule has 0 aliphatic rings. The fourth-order valence-electron chi connectivity index (χ4n) is 2.29. The van der Waals surface area contributed by atoms with Gasteiger partial charge < -0.3 is 5.11 Å².